The van der Waals surface area contributed by atoms with Crippen molar-refractivity contribution in [2.75, 3.05) is 6.61 Å². The van der Waals surface area contributed by atoms with E-state index >= 15 is 0 Å². The molecule has 44 heavy (non-hydrogen) atoms. The van der Waals surface area contributed by atoms with Crippen LogP contribution in [0.25, 0.3) is 6.08 Å². The van der Waals surface area contributed by atoms with Gasteiger partial charge >= 0.3 is 17.8 Å². The Morgan fingerprint density at radius 1 is 1.09 bits per heavy atom. The van der Waals surface area contributed by atoms with Crippen molar-refractivity contribution >= 4 is 29.1 Å². The minimum Gasteiger partial charge on any atom is -0.463 e. The van der Waals surface area contributed by atoms with Crippen LogP contribution in [0.1, 0.15) is 42.1 Å². The van der Waals surface area contributed by atoms with Gasteiger partial charge in [0, 0.05) is 6.07 Å². The third-order valence-electron chi connectivity index (χ3n) is 6.80. The highest BCUT2D eigenvalue weighted by molar-refractivity contribution is 7.07. The number of nitro groups is 1. The van der Waals surface area contributed by atoms with Crippen LogP contribution in [-0.2, 0) is 15.7 Å². The van der Waals surface area contributed by atoms with Gasteiger partial charge in [-0.25, -0.2) is 9.79 Å². The topological polar surface area (TPSA) is 113 Å². The highest BCUT2D eigenvalue weighted by atomic mass is 32.1. The molecule has 3 aromatic carbocycles. The molecule has 9 nitrogen and oxygen atoms in total. The molecule has 0 saturated carbocycles. The van der Waals surface area contributed by atoms with Gasteiger partial charge in [0.05, 0.1) is 38.9 Å². The number of carbonyl (C=O) groups excluding carboxylic acids is 1. The van der Waals surface area contributed by atoms with Gasteiger partial charge in [0.15, 0.2) is 4.80 Å². The summed E-state index contributed by atoms with van der Waals surface area (Å²) in [5, 5.41) is 11.4. The van der Waals surface area contributed by atoms with Crippen LogP contribution in [0.3, 0.4) is 0 Å². The van der Waals surface area contributed by atoms with Crippen LogP contribution in [0.4, 0.5) is 18.9 Å². The molecular formula is C31H24F3N3O6S. The molecule has 4 aromatic rings. The minimum absolute atomic E-state index is 0.139. The fourth-order valence-corrected chi connectivity index (χ4v) is 5.74. The second kappa shape index (κ2) is 11.9. The van der Waals surface area contributed by atoms with Gasteiger partial charge in [0.25, 0.3) is 5.56 Å². The molecule has 0 amide bonds. The Bertz CT molecular complexity index is 1980. The number of fused-ring (bicyclic) bond motifs is 1. The molecule has 1 aliphatic rings. The summed E-state index contributed by atoms with van der Waals surface area (Å²) < 4.78 is 51.7. The summed E-state index contributed by atoms with van der Waals surface area (Å²) in [4.78, 5) is 42.1. The SMILES string of the molecule is CCOC(=O)C1=C(C)N=c2s/c(=C/c3ccc(Oc4ccc(C(F)(F)F)cc4[N+](=O)[O-])cc3)c(=O)n2[C@H]1c1ccc(C)cc1. The average Bonchev–Trinajstić information content (AvgIpc) is 3.27. The molecule has 0 unspecified atom stereocenters. The summed E-state index contributed by atoms with van der Waals surface area (Å²) in [6, 6.07) is 14.9. The lowest BCUT2D eigenvalue weighted by atomic mass is 9.95. The third-order valence-corrected chi connectivity index (χ3v) is 7.78. The van der Waals surface area contributed by atoms with Crippen LogP contribution in [0.15, 0.2) is 87.8 Å². The van der Waals surface area contributed by atoms with Crippen LogP contribution in [-0.4, -0.2) is 22.1 Å². The zero-order valence-electron chi connectivity index (χ0n) is 23.5. The minimum atomic E-state index is -4.75. The first kappa shape index (κ1) is 30.4. The zero-order valence-corrected chi connectivity index (χ0v) is 24.4. The van der Waals surface area contributed by atoms with Crippen LogP contribution in [0, 0.1) is 17.0 Å². The van der Waals surface area contributed by atoms with Crippen molar-refractivity contribution in [2.24, 2.45) is 4.99 Å². The molecule has 0 saturated heterocycles. The maximum atomic E-state index is 13.7. The maximum absolute atomic E-state index is 13.7. The van der Waals surface area contributed by atoms with E-state index in [-0.39, 0.29) is 29.2 Å². The summed E-state index contributed by atoms with van der Waals surface area (Å²) in [5.41, 5.74) is 0.675. The largest absolute Gasteiger partial charge is 0.463 e. The van der Waals surface area contributed by atoms with Crippen molar-refractivity contribution in [1.29, 1.82) is 0 Å². The molecule has 0 aliphatic carbocycles. The summed E-state index contributed by atoms with van der Waals surface area (Å²) in [5.74, 6) is -0.772. The van der Waals surface area contributed by atoms with E-state index in [4.69, 9.17) is 9.47 Å². The number of nitrogens with zero attached hydrogens (tertiary/aromatic N) is 3. The number of benzene rings is 3. The first-order valence-corrected chi connectivity index (χ1v) is 14.1. The van der Waals surface area contributed by atoms with E-state index in [1.807, 2.05) is 31.2 Å². The number of aryl methyl sites for hydroxylation is 1. The smallest absolute Gasteiger partial charge is 0.416 e. The van der Waals surface area contributed by atoms with E-state index in [0.29, 0.717) is 32.7 Å². The Hall–Kier alpha value is -5.04. The van der Waals surface area contributed by atoms with E-state index in [1.54, 1.807) is 32.1 Å². The maximum Gasteiger partial charge on any atom is 0.416 e. The summed E-state index contributed by atoms with van der Waals surface area (Å²) in [6.45, 7) is 5.49. The van der Waals surface area contributed by atoms with Gasteiger partial charge in [-0.15, -0.1) is 0 Å². The van der Waals surface area contributed by atoms with Crippen LogP contribution in [0.5, 0.6) is 11.5 Å². The van der Waals surface area contributed by atoms with E-state index in [1.165, 1.54) is 16.7 Å². The van der Waals surface area contributed by atoms with Gasteiger partial charge in [0.1, 0.15) is 5.75 Å². The van der Waals surface area contributed by atoms with Gasteiger partial charge in [-0.2, -0.15) is 13.2 Å². The molecule has 0 fully saturated rings. The number of hydrogen-bond acceptors (Lipinski definition) is 8. The molecule has 5 rings (SSSR count). The number of hydrogen-bond donors (Lipinski definition) is 0. The van der Waals surface area contributed by atoms with Gasteiger partial charge < -0.3 is 9.47 Å². The lowest BCUT2D eigenvalue weighted by Crippen LogP contribution is -2.39. The Morgan fingerprint density at radius 2 is 1.77 bits per heavy atom. The van der Waals surface area contributed by atoms with E-state index < -0.39 is 34.4 Å². The average molecular weight is 624 g/mol. The number of nitro benzene ring substituents is 1. The third kappa shape index (κ3) is 6.04. The van der Waals surface area contributed by atoms with Crippen molar-refractivity contribution in [2.45, 2.75) is 33.0 Å². The van der Waals surface area contributed by atoms with Gasteiger partial charge in [-0.3, -0.25) is 19.5 Å². The van der Waals surface area contributed by atoms with Crippen LogP contribution in [0.2, 0.25) is 0 Å². The normalized spacial score (nSPS) is 15.0. The number of esters is 1. The summed E-state index contributed by atoms with van der Waals surface area (Å²) in [6.07, 6.45) is -3.12. The first-order valence-electron chi connectivity index (χ1n) is 13.3. The second-order valence-electron chi connectivity index (χ2n) is 9.82. The van der Waals surface area contributed by atoms with Crippen LogP contribution < -0.4 is 19.6 Å². The standard InChI is InChI=1S/C31H24F3N3O6S/c1-4-42-29(39)26-18(3)35-30-36(27(26)20-9-5-17(2)6-10-20)28(38)25(44-30)15-19-7-12-22(13-8-19)43-24-14-11-21(31(32,33)34)16-23(24)37(40)41/h5-16,27H,4H2,1-3H3/b25-15+/t27-/m0/s1. The molecule has 0 bridgehead atoms. The molecule has 226 valence electrons. The monoisotopic (exact) mass is 623 g/mol. The molecule has 1 aromatic heterocycles. The van der Waals surface area contributed by atoms with Gasteiger partial charge in [-0.1, -0.05) is 53.3 Å². The lowest BCUT2D eigenvalue weighted by Gasteiger charge is -2.24. The van der Waals surface area contributed by atoms with Crippen molar-refractivity contribution in [3.8, 4) is 11.5 Å². The van der Waals surface area contributed by atoms with Crippen molar-refractivity contribution < 1.29 is 32.4 Å². The summed E-state index contributed by atoms with van der Waals surface area (Å²) in [7, 11) is 0. The number of thiazole rings is 1. The number of alkyl halides is 3. The number of aromatic nitrogens is 1. The molecular weight excluding hydrogens is 599 g/mol. The molecule has 13 heteroatoms. The molecule has 1 atom stereocenters. The van der Waals surface area contributed by atoms with Gasteiger partial charge in [0.2, 0.25) is 5.75 Å². The van der Waals surface area contributed by atoms with E-state index in [2.05, 4.69) is 4.99 Å². The summed E-state index contributed by atoms with van der Waals surface area (Å²) >= 11 is 1.15. The van der Waals surface area contributed by atoms with E-state index in [9.17, 15) is 32.9 Å². The highest BCUT2D eigenvalue weighted by Crippen LogP contribution is 2.38. The number of ether oxygens (including phenoxy) is 2. The van der Waals surface area contributed by atoms with Crippen LogP contribution >= 0.6 is 11.3 Å². The Kier molecular flexibility index (Phi) is 8.24. The number of halogens is 3. The highest BCUT2D eigenvalue weighted by Gasteiger charge is 2.34. The quantitative estimate of drug-likeness (QED) is 0.146. The fourth-order valence-electron chi connectivity index (χ4n) is 4.69. The Morgan fingerprint density at radius 3 is 2.39 bits per heavy atom. The number of rotatable bonds is 7. The first-order chi connectivity index (χ1) is 20.9. The number of carbonyl (C=O) groups is 1. The molecule has 1 aliphatic heterocycles. The number of allylic oxidation sites excluding steroid dienone is 1. The van der Waals surface area contributed by atoms with Crippen molar-refractivity contribution in [1.82, 2.24) is 4.57 Å². The molecule has 0 spiro atoms. The Labute approximate surface area is 252 Å². The zero-order chi connectivity index (χ0) is 31.8. The predicted molar refractivity (Wildman–Crippen MR) is 156 cm³/mol. The van der Waals surface area contributed by atoms with Crippen molar-refractivity contribution in [3.05, 3.63) is 130 Å². The Balaban J connectivity index is 1.50. The van der Waals surface area contributed by atoms with Gasteiger partial charge in [-0.05, 0) is 62.2 Å². The van der Waals surface area contributed by atoms with E-state index in [0.717, 1.165) is 28.5 Å². The fraction of sp³-hybridized carbons (Fsp3) is 0.194. The van der Waals surface area contributed by atoms with Crippen molar-refractivity contribution in [3.63, 3.8) is 0 Å². The molecule has 2 heterocycles. The molecule has 0 N–H and O–H groups in total. The molecule has 0 radical (unpaired) electrons. The second-order valence-corrected chi connectivity index (χ2v) is 10.8. The lowest BCUT2D eigenvalue weighted by molar-refractivity contribution is -0.385. The predicted octanol–water partition coefficient (Wildman–Crippen LogP) is 5.83.